The molecule has 8 heterocycles. The molecule has 0 N–H and O–H groups in total. The molecule has 7 aromatic heterocycles. The maximum absolute atomic E-state index is 5.45. The SMILES string of the molecule is CC(C)(C)c1cc(-c2cscn2)nc2ccccc12.CC(C)(C)c1nc(-c2ccccc2)nc2ccccc12.CC(C)(C)c1nc(-n2ccnc2)nc2ccccc12.COc1cc2nc(N3CCOCC3)nc(C(C)(C)C)c2cc1OC.COc1ccc2c(C(C)(C)C)cc(-c3ccccc3)nc2c1. The molecule has 17 heteroatoms. The molecule has 14 aromatic rings. The van der Waals surface area contributed by atoms with Gasteiger partial charge in [0.2, 0.25) is 11.9 Å². The molecule has 0 saturated carbocycles. The van der Waals surface area contributed by atoms with E-state index >= 15 is 0 Å². The fraction of sp³-hybridized carbons (Fsp3) is 0.310. The Kier molecular flexibility index (Phi) is 22.6. The Morgan fingerprint density at radius 3 is 1.42 bits per heavy atom. The van der Waals surface area contributed by atoms with E-state index in [0.717, 1.165) is 120 Å². The number of pyridine rings is 2. The number of para-hydroxylation sites is 3. The third-order valence-corrected chi connectivity index (χ3v) is 18.3. The van der Waals surface area contributed by atoms with Crippen molar-refractivity contribution in [3.05, 3.63) is 234 Å². The van der Waals surface area contributed by atoms with E-state index in [9.17, 15) is 0 Å². The summed E-state index contributed by atoms with van der Waals surface area (Å²) >= 11 is 1.60. The van der Waals surface area contributed by atoms with Gasteiger partial charge in [0.15, 0.2) is 17.3 Å². The Hall–Kier alpha value is -10.6. The third kappa shape index (κ3) is 17.7. The lowest BCUT2D eigenvalue weighted by Gasteiger charge is -2.29. The van der Waals surface area contributed by atoms with Crippen LogP contribution in [-0.2, 0) is 31.8 Å². The number of nitrogens with zero attached hydrogens (tertiary/aromatic N) is 12. The van der Waals surface area contributed by atoms with Gasteiger partial charge in [-0.05, 0) is 70.5 Å². The molecule has 16 nitrogen and oxygen atoms in total. The van der Waals surface area contributed by atoms with Crippen LogP contribution in [0.3, 0.4) is 0 Å². The van der Waals surface area contributed by atoms with Gasteiger partial charge in [-0.25, -0.2) is 49.8 Å². The van der Waals surface area contributed by atoms with Crippen LogP contribution in [0.2, 0.25) is 0 Å². The quantitative estimate of drug-likeness (QED) is 0.140. The lowest BCUT2D eigenvalue weighted by Crippen LogP contribution is -2.37. The normalized spacial score (nSPS) is 12.7. The number of anilines is 1. The van der Waals surface area contributed by atoms with Crippen LogP contribution in [0.5, 0.6) is 17.2 Å². The highest BCUT2D eigenvalue weighted by atomic mass is 32.1. The van der Waals surface area contributed by atoms with E-state index in [-0.39, 0.29) is 27.1 Å². The van der Waals surface area contributed by atoms with Crippen LogP contribution < -0.4 is 19.1 Å². The van der Waals surface area contributed by atoms with Gasteiger partial charge in [-0.2, -0.15) is 0 Å². The number of aromatic nitrogens is 11. The Morgan fingerprint density at radius 1 is 0.394 bits per heavy atom. The summed E-state index contributed by atoms with van der Waals surface area (Å²) in [7, 11) is 4.97. The van der Waals surface area contributed by atoms with Crippen molar-refractivity contribution in [3.8, 4) is 57.2 Å². The summed E-state index contributed by atoms with van der Waals surface area (Å²) in [5, 5.41) is 7.71. The first kappa shape index (κ1) is 74.6. The molecule has 0 atom stereocenters. The number of ether oxygens (including phenoxy) is 4. The van der Waals surface area contributed by atoms with Gasteiger partial charge < -0.3 is 23.8 Å². The van der Waals surface area contributed by atoms with E-state index in [0.29, 0.717) is 30.7 Å². The second kappa shape index (κ2) is 31.5. The van der Waals surface area contributed by atoms with E-state index in [2.05, 4.69) is 203 Å². The minimum Gasteiger partial charge on any atom is -0.497 e. The van der Waals surface area contributed by atoms with Gasteiger partial charge in [0, 0.05) is 97.3 Å². The van der Waals surface area contributed by atoms with E-state index in [1.807, 2.05) is 119 Å². The van der Waals surface area contributed by atoms with Gasteiger partial charge in [-0.1, -0.05) is 219 Å². The van der Waals surface area contributed by atoms with E-state index in [1.165, 1.54) is 21.9 Å². The van der Waals surface area contributed by atoms with Gasteiger partial charge in [0.05, 0.1) is 102 Å². The standard InChI is InChI=1S/C20H21NO.C18H25N3O3.C18H18N2.C16H16N2S.C15H16N4/c1-20(2,3)17-13-18(14-8-6-5-7-9-14)21-19-12-15(22-4)10-11-16(17)19;1-18(2,3)16-12-10-14(22-4)15(23-5)11-13(12)19-17(20-16)21-6-8-24-9-7-21;1-18(2,3)16-14-11-7-8-12-15(14)19-17(20-16)13-9-5-4-6-10-13;1-16(2,3)12-8-14(15-9-19-10-17-15)18-13-7-5-4-6-11(12)13;1-15(2,3)13-11-6-4-5-7-12(11)17-14(18-13)19-9-8-16-10-19/h5-13H,1-4H3;10-11H,6-9H2,1-5H3;4-12H,1-3H3;2*4-10H,1-3H3. The smallest absolute Gasteiger partial charge is 0.235 e. The number of hydrogen-bond acceptors (Lipinski definition) is 16. The number of rotatable bonds is 8. The van der Waals surface area contributed by atoms with Crippen LogP contribution in [-0.4, -0.2) is 102 Å². The van der Waals surface area contributed by atoms with Gasteiger partial charge in [0.25, 0.3) is 0 Å². The molecule has 7 aromatic carbocycles. The Balaban J connectivity index is 0.000000131. The molecule has 15 rings (SSSR count). The van der Waals surface area contributed by atoms with Crippen LogP contribution in [0.15, 0.2) is 206 Å². The van der Waals surface area contributed by atoms with E-state index in [4.69, 9.17) is 53.8 Å². The largest absolute Gasteiger partial charge is 0.497 e. The van der Waals surface area contributed by atoms with Crippen molar-refractivity contribution in [2.75, 3.05) is 52.5 Å². The average Bonchev–Trinajstić information content (AvgIpc) is 1.08. The second-order valence-electron chi connectivity index (χ2n) is 30.8. The number of methoxy groups -OCH3 is 3. The highest BCUT2D eigenvalue weighted by Gasteiger charge is 2.27. The van der Waals surface area contributed by atoms with Gasteiger partial charge in [-0.15, -0.1) is 11.3 Å². The molecule has 1 aliphatic heterocycles. The number of benzene rings is 7. The first-order valence-electron chi connectivity index (χ1n) is 35.3. The van der Waals surface area contributed by atoms with Crippen LogP contribution in [0.1, 0.15) is 132 Å². The fourth-order valence-corrected chi connectivity index (χ4v) is 12.9. The van der Waals surface area contributed by atoms with Gasteiger partial charge in [0.1, 0.15) is 12.1 Å². The Morgan fingerprint density at radius 2 is 0.875 bits per heavy atom. The predicted octanol–water partition coefficient (Wildman–Crippen LogP) is 20.4. The van der Waals surface area contributed by atoms with E-state index < -0.39 is 0 Å². The number of fused-ring (bicyclic) bond motifs is 5. The minimum absolute atomic E-state index is 0.00786. The molecule has 0 spiro atoms. The first-order valence-corrected chi connectivity index (χ1v) is 36.2. The van der Waals surface area contributed by atoms with Crippen molar-refractivity contribution in [3.63, 3.8) is 0 Å². The summed E-state index contributed by atoms with van der Waals surface area (Å²) in [4.78, 5) is 48.7. The summed E-state index contributed by atoms with van der Waals surface area (Å²) in [5.74, 6) is 4.43. The lowest BCUT2D eigenvalue weighted by molar-refractivity contribution is 0.122. The first-order chi connectivity index (χ1) is 49.6. The molecule has 1 aliphatic rings. The fourth-order valence-electron chi connectivity index (χ4n) is 12.4. The highest BCUT2D eigenvalue weighted by Crippen LogP contribution is 2.40. The monoisotopic (exact) mass is 1400 g/mol. The van der Waals surface area contributed by atoms with Gasteiger partial charge >= 0.3 is 0 Å². The zero-order valence-electron chi connectivity index (χ0n) is 63.4. The zero-order chi connectivity index (χ0) is 74.1. The van der Waals surface area contributed by atoms with Crippen LogP contribution >= 0.6 is 11.3 Å². The Bertz CT molecular complexity index is 5100. The molecule has 0 radical (unpaired) electrons. The van der Waals surface area contributed by atoms with Crippen molar-refractivity contribution in [2.45, 2.75) is 131 Å². The van der Waals surface area contributed by atoms with E-state index in [1.54, 1.807) is 45.2 Å². The zero-order valence-corrected chi connectivity index (χ0v) is 64.2. The molecule has 0 aliphatic carbocycles. The second-order valence-corrected chi connectivity index (χ2v) is 31.6. The van der Waals surface area contributed by atoms with Crippen LogP contribution in [0.4, 0.5) is 5.95 Å². The molecule has 1 fully saturated rings. The summed E-state index contributed by atoms with van der Waals surface area (Å²) in [6, 6.07) is 59.5. The lowest BCUT2D eigenvalue weighted by atomic mass is 9.84. The van der Waals surface area contributed by atoms with Crippen molar-refractivity contribution in [2.24, 2.45) is 0 Å². The number of morpholine rings is 1. The van der Waals surface area contributed by atoms with Crippen molar-refractivity contribution in [1.29, 1.82) is 0 Å². The topological polar surface area (TPSA) is 174 Å². The summed E-state index contributed by atoms with van der Waals surface area (Å²) in [5.41, 5.74) is 17.6. The molecular formula is C87H96N12O4S. The summed E-state index contributed by atoms with van der Waals surface area (Å²) in [6.45, 7) is 36.0. The maximum atomic E-state index is 5.45. The van der Waals surface area contributed by atoms with Crippen LogP contribution in [0, 0.1) is 0 Å². The average molecular weight is 1410 g/mol. The molecule has 0 unspecified atom stereocenters. The maximum Gasteiger partial charge on any atom is 0.235 e. The molecule has 0 amide bonds. The molecule has 1 saturated heterocycles. The van der Waals surface area contributed by atoms with Crippen molar-refractivity contribution < 1.29 is 18.9 Å². The molecule has 534 valence electrons. The van der Waals surface area contributed by atoms with Crippen molar-refractivity contribution >= 4 is 71.8 Å². The number of hydrogen-bond donors (Lipinski definition) is 0. The van der Waals surface area contributed by atoms with Crippen molar-refractivity contribution in [1.82, 2.24) is 54.4 Å². The van der Waals surface area contributed by atoms with Gasteiger partial charge in [-0.3, -0.25) is 4.57 Å². The molecule has 0 bridgehead atoms. The minimum atomic E-state index is -0.109. The molecule has 104 heavy (non-hydrogen) atoms. The summed E-state index contributed by atoms with van der Waals surface area (Å²) in [6.07, 6.45) is 5.31. The number of thiazole rings is 1. The third-order valence-electron chi connectivity index (χ3n) is 17.7. The molecular weight excluding hydrogens is 1310 g/mol. The van der Waals surface area contributed by atoms with Crippen LogP contribution in [0.25, 0.3) is 94.5 Å². The number of imidazole rings is 1. The Labute approximate surface area is 616 Å². The summed E-state index contributed by atoms with van der Waals surface area (Å²) < 4.78 is 23.5. The predicted molar refractivity (Wildman–Crippen MR) is 427 cm³/mol. The highest BCUT2D eigenvalue weighted by molar-refractivity contribution is 7.07.